The highest BCUT2D eigenvalue weighted by Crippen LogP contribution is 2.39. The van der Waals surface area contributed by atoms with E-state index in [4.69, 9.17) is 15.2 Å². The Labute approximate surface area is 185 Å². The summed E-state index contributed by atoms with van der Waals surface area (Å²) in [4.78, 5) is 0. The van der Waals surface area contributed by atoms with E-state index in [1.807, 2.05) is 19.9 Å². The second-order valence-corrected chi connectivity index (χ2v) is 8.49. The molecule has 0 heterocycles. The molecule has 0 aliphatic rings. The van der Waals surface area contributed by atoms with Gasteiger partial charge in [0.05, 0.1) is 25.5 Å². The molecule has 0 unspecified atom stereocenters. The zero-order valence-electron chi connectivity index (χ0n) is 18.9. The summed E-state index contributed by atoms with van der Waals surface area (Å²) in [6.07, 6.45) is 1.20. The van der Waals surface area contributed by atoms with Crippen LogP contribution in [0, 0.1) is 6.92 Å². The fourth-order valence-corrected chi connectivity index (χ4v) is 3.04. The molecule has 0 radical (unpaired) electrons. The summed E-state index contributed by atoms with van der Waals surface area (Å²) >= 11 is 3.54. The molecule has 0 aliphatic carbocycles. The van der Waals surface area contributed by atoms with Gasteiger partial charge in [0.15, 0.2) is 0 Å². The van der Waals surface area contributed by atoms with E-state index in [0.29, 0.717) is 18.2 Å². The minimum atomic E-state index is 0.178. The highest BCUT2D eigenvalue weighted by Gasteiger charge is 2.15. The Morgan fingerprint density at radius 2 is 1.72 bits per heavy atom. The van der Waals surface area contributed by atoms with Crippen LogP contribution in [0.5, 0.6) is 5.75 Å². The molecule has 0 amide bonds. The van der Waals surface area contributed by atoms with Crippen LogP contribution in [0.4, 0.5) is 11.4 Å². The maximum absolute atomic E-state index is 6.16. The molecule has 0 saturated heterocycles. The highest BCUT2D eigenvalue weighted by atomic mass is 79.9. The van der Waals surface area contributed by atoms with Crippen molar-refractivity contribution < 1.29 is 9.47 Å². The topological polar surface area (TPSA) is 56.5 Å². The Bertz CT molecular complexity index is 744. The van der Waals surface area contributed by atoms with Gasteiger partial charge >= 0.3 is 0 Å². The van der Waals surface area contributed by atoms with E-state index < -0.39 is 0 Å². The van der Waals surface area contributed by atoms with E-state index in [2.05, 4.69) is 73.2 Å². The van der Waals surface area contributed by atoms with Crippen LogP contribution in [0.3, 0.4) is 0 Å². The van der Waals surface area contributed by atoms with Crippen molar-refractivity contribution in [3.8, 4) is 5.75 Å². The lowest BCUT2D eigenvalue weighted by atomic mass is 10.0. The van der Waals surface area contributed by atoms with Gasteiger partial charge in [0.25, 0.3) is 0 Å². The molecule has 5 heteroatoms. The monoisotopic (exact) mass is 464 g/mol. The number of nitrogens with two attached hydrogens (primary N) is 1. The van der Waals surface area contributed by atoms with Gasteiger partial charge in [0.2, 0.25) is 0 Å². The van der Waals surface area contributed by atoms with Gasteiger partial charge in [0.1, 0.15) is 11.4 Å². The Morgan fingerprint density at radius 3 is 2.21 bits per heavy atom. The van der Waals surface area contributed by atoms with Crippen molar-refractivity contribution in [2.24, 2.45) is 0 Å². The van der Waals surface area contributed by atoms with Crippen LogP contribution < -0.4 is 15.8 Å². The van der Waals surface area contributed by atoms with Crippen molar-refractivity contribution >= 4 is 27.3 Å². The van der Waals surface area contributed by atoms with Gasteiger partial charge in [-0.05, 0) is 66.2 Å². The van der Waals surface area contributed by atoms with Crippen LogP contribution in [0.2, 0.25) is 0 Å². The Kier molecular flexibility index (Phi) is 11.1. The molecule has 0 aliphatic heterocycles. The summed E-state index contributed by atoms with van der Waals surface area (Å²) in [5.41, 5.74) is 11.4. The number of hydrogen-bond acceptors (Lipinski definition) is 4. The first kappa shape index (κ1) is 25.3. The normalized spacial score (nSPS) is 10.7. The predicted molar refractivity (Wildman–Crippen MR) is 129 cm³/mol. The van der Waals surface area contributed by atoms with Gasteiger partial charge in [-0.2, -0.15) is 0 Å². The van der Waals surface area contributed by atoms with Crippen molar-refractivity contribution in [1.82, 2.24) is 0 Å². The fraction of sp³-hybridized carbons (Fsp3) is 0.500. The van der Waals surface area contributed by atoms with Gasteiger partial charge < -0.3 is 20.5 Å². The van der Waals surface area contributed by atoms with E-state index >= 15 is 0 Å². The summed E-state index contributed by atoms with van der Waals surface area (Å²) in [6, 6.07) is 10.7. The predicted octanol–water partition coefficient (Wildman–Crippen LogP) is 6.91. The number of aryl methyl sites for hydroxylation is 1. The van der Waals surface area contributed by atoms with Crippen LogP contribution in [0.25, 0.3) is 0 Å². The molecule has 4 nitrogen and oxygen atoms in total. The third-order valence-electron chi connectivity index (χ3n) is 4.43. The quantitative estimate of drug-likeness (QED) is 0.416. The summed E-state index contributed by atoms with van der Waals surface area (Å²) in [5, 5.41) is 3.29. The Hall–Kier alpha value is -1.72. The van der Waals surface area contributed by atoms with Crippen LogP contribution in [-0.4, -0.2) is 19.8 Å². The van der Waals surface area contributed by atoms with Gasteiger partial charge in [-0.25, -0.2) is 0 Å². The maximum atomic E-state index is 6.16. The third-order valence-corrected chi connectivity index (χ3v) is 5.36. The van der Waals surface area contributed by atoms with Crippen molar-refractivity contribution in [3.63, 3.8) is 0 Å². The molecule has 0 spiro atoms. The van der Waals surface area contributed by atoms with Gasteiger partial charge in [-0.3, -0.25) is 0 Å². The molecule has 2 aromatic carbocycles. The number of ether oxygens (including phenoxy) is 2. The molecule has 162 valence electrons. The molecule has 0 saturated carbocycles. The van der Waals surface area contributed by atoms with Crippen molar-refractivity contribution in [2.45, 2.75) is 66.6 Å². The first-order valence-corrected chi connectivity index (χ1v) is 11.1. The largest absolute Gasteiger partial charge is 0.494 e. The van der Waals surface area contributed by atoms with Gasteiger partial charge in [-0.1, -0.05) is 50.6 Å². The molecule has 29 heavy (non-hydrogen) atoms. The molecule has 2 aromatic rings. The number of anilines is 2. The first-order chi connectivity index (χ1) is 13.7. The smallest absolute Gasteiger partial charge is 0.144 e. The SMILES string of the molecule is CCCNc1c(OC)cc(COC(C)C)c(Br)c1N.Cc1ccc(C(C)C)cc1. The lowest BCUT2D eigenvalue weighted by molar-refractivity contribution is 0.0653. The summed E-state index contributed by atoms with van der Waals surface area (Å²) in [6.45, 7) is 14.0. The standard InChI is InChI=1S/C14H23BrN2O2.C10H14/c1-5-6-17-14-11(18-4)7-10(8-19-9(2)3)12(15)13(14)16;1-8(2)10-6-4-9(3)5-7-10/h7,9,17H,5-6,8,16H2,1-4H3;4-8H,1-3H3. The number of nitrogen functional groups attached to an aromatic ring is 1. The molecule has 2 rings (SSSR count). The lowest BCUT2D eigenvalue weighted by Crippen LogP contribution is -2.09. The van der Waals surface area contributed by atoms with E-state index in [9.17, 15) is 0 Å². The van der Waals surface area contributed by atoms with Gasteiger partial charge in [0, 0.05) is 11.0 Å². The van der Waals surface area contributed by atoms with E-state index in [1.165, 1.54) is 11.1 Å². The zero-order chi connectivity index (χ0) is 22.0. The second-order valence-electron chi connectivity index (χ2n) is 7.69. The molecule has 0 fully saturated rings. The van der Waals surface area contributed by atoms with E-state index in [1.54, 1.807) is 7.11 Å². The number of rotatable bonds is 8. The lowest BCUT2D eigenvalue weighted by Gasteiger charge is -2.18. The van der Waals surface area contributed by atoms with Crippen molar-refractivity contribution in [3.05, 3.63) is 51.5 Å². The highest BCUT2D eigenvalue weighted by molar-refractivity contribution is 9.10. The van der Waals surface area contributed by atoms with E-state index in [0.717, 1.165) is 34.4 Å². The summed E-state index contributed by atoms with van der Waals surface area (Å²) < 4.78 is 11.9. The Morgan fingerprint density at radius 1 is 1.10 bits per heavy atom. The molecular weight excluding hydrogens is 428 g/mol. The summed E-state index contributed by atoms with van der Waals surface area (Å²) in [7, 11) is 1.65. The molecule has 0 atom stereocenters. The number of nitrogens with one attached hydrogen (secondary N) is 1. The number of hydrogen-bond donors (Lipinski definition) is 2. The van der Waals surface area contributed by atoms with Crippen molar-refractivity contribution in [2.75, 3.05) is 24.7 Å². The summed E-state index contributed by atoms with van der Waals surface area (Å²) in [5.74, 6) is 1.40. The van der Waals surface area contributed by atoms with E-state index in [-0.39, 0.29) is 6.10 Å². The van der Waals surface area contributed by atoms with Crippen LogP contribution >= 0.6 is 15.9 Å². The Balaban J connectivity index is 0.000000352. The first-order valence-electron chi connectivity index (χ1n) is 10.3. The fourth-order valence-electron chi connectivity index (χ4n) is 2.62. The van der Waals surface area contributed by atoms with Crippen LogP contribution in [0.1, 0.15) is 63.6 Å². The average Bonchev–Trinajstić information content (AvgIpc) is 2.69. The molecule has 0 aromatic heterocycles. The second kappa shape index (κ2) is 12.8. The zero-order valence-corrected chi connectivity index (χ0v) is 20.5. The average molecular weight is 465 g/mol. The number of methoxy groups -OCH3 is 1. The van der Waals surface area contributed by atoms with Crippen molar-refractivity contribution in [1.29, 1.82) is 0 Å². The van der Waals surface area contributed by atoms with Crippen LogP contribution in [-0.2, 0) is 11.3 Å². The third kappa shape index (κ3) is 8.27. The molecular formula is C24H37BrN2O2. The number of halogens is 1. The van der Waals surface area contributed by atoms with Crippen LogP contribution in [0.15, 0.2) is 34.8 Å². The molecule has 0 bridgehead atoms. The minimum absolute atomic E-state index is 0.178. The maximum Gasteiger partial charge on any atom is 0.144 e. The minimum Gasteiger partial charge on any atom is -0.494 e. The molecule has 3 N–H and O–H groups in total. The number of benzene rings is 2. The van der Waals surface area contributed by atoms with Gasteiger partial charge in [-0.15, -0.1) is 0 Å².